The standard InChI is InChI=1S/C23H16BrFN2O4/c24-13-6-11-18(28)17(12-13)20-19-21(31-27(20)16-4-2-1-3-5-16)23(30)26(22(19)29)15-9-7-14(25)8-10-15/h1-12,19-21,28H/t19-,20-,21-/m0/s1. The minimum absolute atomic E-state index is 0.0149. The first-order chi connectivity index (χ1) is 15.0. The molecule has 2 fully saturated rings. The van der Waals surface area contributed by atoms with Crippen molar-refractivity contribution in [2.75, 3.05) is 9.96 Å². The van der Waals surface area contributed by atoms with Crippen LogP contribution in [-0.2, 0) is 14.4 Å². The van der Waals surface area contributed by atoms with Gasteiger partial charge in [0.15, 0.2) is 6.10 Å². The first-order valence-electron chi connectivity index (χ1n) is 9.58. The summed E-state index contributed by atoms with van der Waals surface area (Å²) >= 11 is 3.41. The van der Waals surface area contributed by atoms with E-state index in [-0.39, 0.29) is 11.4 Å². The number of hydrogen-bond donors (Lipinski definition) is 1. The van der Waals surface area contributed by atoms with Crippen LogP contribution in [0.5, 0.6) is 5.75 Å². The Morgan fingerprint density at radius 1 is 0.903 bits per heavy atom. The van der Waals surface area contributed by atoms with E-state index in [9.17, 15) is 19.1 Å². The van der Waals surface area contributed by atoms with Gasteiger partial charge in [0, 0.05) is 10.0 Å². The number of hydrogen-bond acceptors (Lipinski definition) is 5. The largest absolute Gasteiger partial charge is 0.508 e. The Morgan fingerprint density at radius 3 is 2.32 bits per heavy atom. The normalized spacial score (nSPS) is 22.8. The summed E-state index contributed by atoms with van der Waals surface area (Å²) < 4.78 is 14.1. The Morgan fingerprint density at radius 2 is 1.61 bits per heavy atom. The molecule has 0 radical (unpaired) electrons. The zero-order valence-corrected chi connectivity index (χ0v) is 17.6. The number of fused-ring (bicyclic) bond motifs is 1. The number of halogens is 2. The van der Waals surface area contributed by atoms with Gasteiger partial charge >= 0.3 is 0 Å². The van der Waals surface area contributed by atoms with E-state index in [0.29, 0.717) is 15.7 Å². The second-order valence-corrected chi connectivity index (χ2v) is 8.27. The van der Waals surface area contributed by atoms with Crippen LogP contribution in [0.25, 0.3) is 0 Å². The number of carbonyl (C=O) groups excluding carboxylic acids is 2. The number of para-hydroxylation sites is 1. The summed E-state index contributed by atoms with van der Waals surface area (Å²) in [4.78, 5) is 33.7. The summed E-state index contributed by atoms with van der Waals surface area (Å²) in [7, 11) is 0. The van der Waals surface area contributed by atoms with Crippen molar-refractivity contribution in [3.63, 3.8) is 0 Å². The highest BCUT2D eigenvalue weighted by Crippen LogP contribution is 2.49. The van der Waals surface area contributed by atoms with E-state index in [2.05, 4.69) is 15.9 Å². The molecule has 1 N–H and O–H groups in total. The number of imide groups is 1. The molecule has 2 heterocycles. The average molecular weight is 483 g/mol. The van der Waals surface area contributed by atoms with Gasteiger partial charge in [0.25, 0.3) is 5.91 Å². The first-order valence-corrected chi connectivity index (χ1v) is 10.4. The Labute approximate surface area is 185 Å². The van der Waals surface area contributed by atoms with E-state index in [0.717, 1.165) is 4.90 Å². The van der Waals surface area contributed by atoms with Gasteiger partial charge in [-0.05, 0) is 54.6 Å². The Balaban J connectivity index is 1.62. The lowest BCUT2D eigenvalue weighted by molar-refractivity contribution is -0.126. The molecule has 0 unspecified atom stereocenters. The Kier molecular flexibility index (Phi) is 4.75. The highest BCUT2D eigenvalue weighted by atomic mass is 79.9. The third-order valence-electron chi connectivity index (χ3n) is 5.52. The van der Waals surface area contributed by atoms with Gasteiger partial charge in [-0.1, -0.05) is 34.1 Å². The van der Waals surface area contributed by atoms with Crippen LogP contribution >= 0.6 is 15.9 Å². The number of phenols is 1. The van der Waals surface area contributed by atoms with Crippen molar-refractivity contribution in [3.8, 4) is 5.75 Å². The maximum atomic E-state index is 13.5. The van der Waals surface area contributed by atoms with Crippen molar-refractivity contribution < 1.29 is 23.9 Å². The molecule has 2 aliphatic rings. The second-order valence-electron chi connectivity index (χ2n) is 7.35. The smallest absolute Gasteiger partial charge is 0.266 e. The number of amides is 2. The summed E-state index contributed by atoms with van der Waals surface area (Å²) in [6.45, 7) is 0. The monoisotopic (exact) mass is 482 g/mol. The van der Waals surface area contributed by atoms with Crippen molar-refractivity contribution >= 4 is 39.1 Å². The molecule has 5 rings (SSSR count). The van der Waals surface area contributed by atoms with Gasteiger partial charge in [-0.15, -0.1) is 0 Å². The van der Waals surface area contributed by atoms with Crippen molar-refractivity contribution in [1.29, 1.82) is 0 Å². The molecule has 2 aliphatic heterocycles. The zero-order chi connectivity index (χ0) is 21.7. The molecular weight excluding hydrogens is 467 g/mol. The van der Waals surface area contributed by atoms with E-state index >= 15 is 0 Å². The fraction of sp³-hybridized carbons (Fsp3) is 0.130. The maximum absolute atomic E-state index is 13.5. The number of hydroxylamine groups is 1. The Hall–Kier alpha value is -3.23. The molecule has 6 nitrogen and oxygen atoms in total. The van der Waals surface area contributed by atoms with Crippen LogP contribution in [0.3, 0.4) is 0 Å². The highest BCUT2D eigenvalue weighted by molar-refractivity contribution is 9.10. The SMILES string of the molecule is O=C1[C@@H]2[C@H](ON(c3ccccc3)[C@H]2c2cc(Br)ccc2O)C(=O)N1c1ccc(F)cc1. The van der Waals surface area contributed by atoms with Gasteiger partial charge in [-0.25, -0.2) is 14.4 Å². The minimum atomic E-state index is -1.07. The van der Waals surface area contributed by atoms with Crippen molar-refractivity contribution in [1.82, 2.24) is 0 Å². The summed E-state index contributed by atoms with van der Waals surface area (Å²) in [6.07, 6.45) is -1.07. The Bertz CT molecular complexity index is 1170. The van der Waals surface area contributed by atoms with Crippen molar-refractivity contribution in [3.05, 3.63) is 88.6 Å². The maximum Gasteiger partial charge on any atom is 0.266 e. The molecule has 0 bridgehead atoms. The molecule has 3 aromatic rings. The number of aromatic hydroxyl groups is 1. The molecule has 0 spiro atoms. The van der Waals surface area contributed by atoms with E-state index < -0.39 is 35.7 Å². The molecular formula is C23H16BrFN2O4. The summed E-state index contributed by atoms with van der Waals surface area (Å²) in [5, 5.41) is 12.1. The van der Waals surface area contributed by atoms with Crippen molar-refractivity contribution in [2.45, 2.75) is 12.1 Å². The third kappa shape index (κ3) is 3.19. The number of carbonyl (C=O) groups is 2. The lowest BCUT2D eigenvalue weighted by Crippen LogP contribution is -2.37. The highest BCUT2D eigenvalue weighted by Gasteiger charge is 2.60. The molecule has 3 aromatic carbocycles. The van der Waals surface area contributed by atoms with Crippen LogP contribution in [0, 0.1) is 11.7 Å². The van der Waals surface area contributed by atoms with E-state index in [1.54, 1.807) is 24.3 Å². The summed E-state index contributed by atoms with van der Waals surface area (Å²) in [5.74, 6) is -2.37. The molecule has 0 aromatic heterocycles. The molecule has 2 amide bonds. The fourth-order valence-electron chi connectivity index (χ4n) is 4.14. The van der Waals surface area contributed by atoms with Crippen LogP contribution in [0.4, 0.5) is 15.8 Å². The van der Waals surface area contributed by atoms with Gasteiger partial charge in [-0.2, -0.15) is 0 Å². The lowest BCUT2D eigenvalue weighted by atomic mass is 9.90. The molecule has 0 saturated carbocycles. The molecule has 3 atom stereocenters. The number of rotatable bonds is 3. The summed E-state index contributed by atoms with van der Waals surface area (Å²) in [6, 6.07) is 18.4. The van der Waals surface area contributed by atoms with Crippen LogP contribution in [0.15, 0.2) is 77.3 Å². The minimum Gasteiger partial charge on any atom is -0.508 e. The van der Waals surface area contributed by atoms with Crippen LogP contribution in [0.2, 0.25) is 0 Å². The number of phenolic OH excluding ortho intramolecular Hbond substituents is 1. The molecule has 2 saturated heterocycles. The topological polar surface area (TPSA) is 70.1 Å². The number of benzene rings is 3. The van der Waals surface area contributed by atoms with E-state index in [4.69, 9.17) is 4.84 Å². The molecule has 156 valence electrons. The quantitative estimate of drug-likeness (QED) is 0.562. The number of anilines is 2. The van der Waals surface area contributed by atoms with E-state index in [1.165, 1.54) is 35.4 Å². The van der Waals surface area contributed by atoms with Crippen LogP contribution in [0.1, 0.15) is 11.6 Å². The second kappa shape index (κ2) is 7.47. The molecule has 8 heteroatoms. The molecule has 0 aliphatic carbocycles. The van der Waals surface area contributed by atoms with Crippen molar-refractivity contribution in [2.24, 2.45) is 5.92 Å². The van der Waals surface area contributed by atoms with Gasteiger partial charge in [0.05, 0.1) is 17.4 Å². The predicted octanol–water partition coefficient (Wildman–Crippen LogP) is 4.34. The van der Waals surface area contributed by atoms with Gasteiger partial charge in [0.2, 0.25) is 5.91 Å². The van der Waals surface area contributed by atoms with Gasteiger partial charge in [0.1, 0.15) is 17.5 Å². The average Bonchev–Trinajstić information content (AvgIpc) is 3.28. The van der Waals surface area contributed by atoms with Crippen LogP contribution in [-0.4, -0.2) is 23.0 Å². The number of nitrogens with zero attached hydrogens (tertiary/aromatic N) is 2. The fourth-order valence-corrected chi connectivity index (χ4v) is 4.51. The summed E-state index contributed by atoms with van der Waals surface area (Å²) in [5.41, 5.74) is 1.38. The van der Waals surface area contributed by atoms with E-state index in [1.807, 2.05) is 18.2 Å². The zero-order valence-electron chi connectivity index (χ0n) is 16.0. The first kappa shape index (κ1) is 19.7. The van der Waals surface area contributed by atoms with Gasteiger partial charge < -0.3 is 5.11 Å². The molecule has 31 heavy (non-hydrogen) atoms. The third-order valence-corrected chi connectivity index (χ3v) is 6.01. The van der Waals surface area contributed by atoms with Crippen LogP contribution < -0.4 is 9.96 Å². The lowest BCUT2D eigenvalue weighted by Gasteiger charge is -2.29. The van der Waals surface area contributed by atoms with Gasteiger partial charge in [-0.3, -0.25) is 14.4 Å². The predicted molar refractivity (Wildman–Crippen MR) is 115 cm³/mol.